The lowest BCUT2D eigenvalue weighted by atomic mass is 10.3. The van der Waals surface area contributed by atoms with E-state index < -0.39 is 4.92 Å². The molecular formula is C7H14N2O2S. The van der Waals surface area contributed by atoms with Gasteiger partial charge in [-0.2, -0.15) is 0 Å². The summed E-state index contributed by atoms with van der Waals surface area (Å²) in [4.78, 5) is 9.64. The Morgan fingerprint density at radius 3 is 2.83 bits per heavy atom. The van der Waals surface area contributed by atoms with Gasteiger partial charge in [0.05, 0.1) is 4.92 Å². The molecule has 0 aliphatic heterocycles. The quantitative estimate of drug-likeness (QED) is 0.394. The first kappa shape index (κ1) is 11.3. The van der Waals surface area contributed by atoms with Gasteiger partial charge in [0.15, 0.2) is 0 Å². The van der Waals surface area contributed by atoms with Crippen molar-refractivity contribution in [2.45, 2.75) is 19.8 Å². The van der Waals surface area contributed by atoms with E-state index in [0.29, 0.717) is 5.03 Å². The number of thioether (sulfide) groups is 1. The van der Waals surface area contributed by atoms with Crippen LogP contribution >= 0.6 is 11.8 Å². The van der Waals surface area contributed by atoms with Crippen molar-refractivity contribution in [2.75, 3.05) is 12.8 Å². The summed E-state index contributed by atoms with van der Waals surface area (Å²) in [7, 11) is 0. The van der Waals surface area contributed by atoms with E-state index >= 15 is 0 Å². The highest BCUT2D eigenvalue weighted by atomic mass is 32.2. The molecule has 0 amide bonds. The second kappa shape index (κ2) is 6.97. The molecule has 0 heterocycles. The van der Waals surface area contributed by atoms with Gasteiger partial charge in [0.25, 0.3) is 6.20 Å². The van der Waals surface area contributed by atoms with Crippen LogP contribution in [-0.4, -0.2) is 17.7 Å². The maximum absolute atomic E-state index is 10.1. The third-order valence-corrected chi connectivity index (χ3v) is 1.96. The van der Waals surface area contributed by atoms with E-state index in [4.69, 9.17) is 0 Å². The third kappa shape index (κ3) is 6.03. The predicted molar refractivity (Wildman–Crippen MR) is 51.5 cm³/mol. The van der Waals surface area contributed by atoms with E-state index in [-0.39, 0.29) is 0 Å². The molecule has 0 rings (SSSR count). The number of nitrogens with zero attached hydrogens (tertiary/aromatic N) is 1. The van der Waals surface area contributed by atoms with E-state index in [1.54, 1.807) is 0 Å². The molecular weight excluding hydrogens is 176 g/mol. The standard InChI is InChI=1S/C7H14N2O2S/c1-3-4-5-8-7(12-2)6-9(10)11/h6,8H,3-5H2,1-2H3. The van der Waals surface area contributed by atoms with E-state index in [9.17, 15) is 10.1 Å². The lowest BCUT2D eigenvalue weighted by Gasteiger charge is -2.03. The van der Waals surface area contributed by atoms with Crippen molar-refractivity contribution < 1.29 is 4.92 Å². The molecule has 0 aromatic rings. The van der Waals surface area contributed by atoms with Crippen LogP contribution in [0, 0.1) is 10.1 Å². The van der Waals surface area contributed by atoms with Crippen molar-refractivity contribution >= 4 is 11.8 Å². The first-order valence-corrected chi connectivity index (χ1v) is 5.06. The lowest BCUT2D eigenvalue weighted by Crippen LogP contribution is -2.13. The van der Waals surface area contributed by atoms with Gasteiger partial charge in [0.1, 0.15) is 5.03 Å². The van der Waals surface area contributed by atoms with E-state index in [1.807, 2.05) is 6.26 Å². The van der Waals surface area contributed by atoms with E-state index in [2.05, 4.69) is 12.2 Å². The van der Waals surface area contributed by atoms with Crippen LogP contribution in [0.25, 0.3) is 0 Å². The summed E-state index contributed by atoms with van der Waals surface area (Å²) in [5.41, 5.74) is 0. The molecule has 12 heavy (non-hydrogen) atoms. The van der Waals surface area contributed by atoms with Crippen molar-refractivity contribution in [2.24, 2.45) is 0 Å². The summed E-state index contributed by atoms with van der Waals surface area (Å²) in [6, 6.07) is 0. The van der Waals surface area contributed by atoms with E-state index in [0.717, 1.165) is 25.6 Å². The summed E-state index contributed by atoms with van der Waals surface area (Å²) in [6.45, 7) is 2.88. The molecule has 0 saturated heterocycles. The first-order chi connectivity index (χ1) is 5.70. The Morgan fingerprint density at radius 2 is 2.42 bits per heavy atom. The minimum atomic E-state index is -0.440. The fourth-order valence-electron chi connectivity index (χ4n) is 0.655. The Labute approximate surface area is 76.6 Å². The van der Waals surface area contributed by atoms with Crippen molar-refractivity contribution in [1.82, 2.24) is 5.32 Å². The zero-order chi connectivity index (χ0) is 9.40. The molecule has 0 radical (unpaired) electrons. The normalized spacial score (nSPS) is 11.3. The predicted octanol–water partition coefficient (Wildman–Crippen LogP) is 1.81. The molecule has 1 N–H and O–H groups in total. The smallest absolute Gasteiger partial charge is 0.263 e. The minimum absolute atomic E-state index is 0.440. The Bertz CT molecular complexity index is 171. The molecule has 0 aromatic carbocycles. The first-order valence-electron chi connectivity index (χ1n) is 3.84. The number of unbranched alkanes of at least 4 members (excludes halogenated alkanes) is 1. The molecule has 0 aliphatic carbocycles. The van der Waals surface area contributed by atoms with Crippen LogP contribution in [0.5, 0.6) is 0 Å². The van der Waals surface area contributed by atoms with Crippen molar-refractivity contribution in [1.29, 1.82) is 0 Å². The second-order valence-corrected chi connectivity index (χ2v) is 3.11. The number of hydrogen-bond donors (Lipinski definition) is 1. The third-order valence-electron chi connectivity index (χ3n) is 1.27. The van der Waals surface area contributed by atoms with Gasteiger partial charge in [0.2, 0.25) is 0 Å². The lowest BCUT2D eigenvalue weighted by molar-refractivity contribution is -0.403. The van der Waals surface area contributed by atoms with Crippen LogP contribution in [-0.2, 0) is 0 Å². The Morgan fingerprint density at radius 1 is 1.75 bits per heavy atom. The number of hydrogen-bond acceptors (Lipinski definition) is 4. The average molecular weight is 190 g/mol. The van der Waals surface area contributed by atoms with Gasteiger partial charge in [-0.05, 0) is 12.7 Å². The van der Waals surface area contributed by atoms with Gasteiger partial charge in [-0.1, -0.05) is 13.3 Å². The van der Waals surface area contributed by atoms with Crippen LogP contribution in [0.3, 0.4) is 0 Å². The molecule has 0 spiro atoms. The largest absolute Gasteiger partial charge is 0.375 e. The summed E-state index contributed by atoms with van der Waals surface area (Å²) in [6.07, 6.45) is 4.94. The highest BCUT2D eigenvalue weighted by Crippen LogP contribution is 2.06. The van der Waals surface area contributed by atoms with Gasteiger partial charge >= 0.3 is 0 Å². The fraction of sp³-hybridized carbons (Fsp3) is 0.714. The van der Waals surface area contributed by atoms with Crippen LogP contribution in [0.4, 0.5) is 0 Å². The zero-order valence-electron chi connectivity index (χ0n) is 7.37. The molecule has 0 atom stereocenters. The Balaban J connectivity index is 3.75. The highest BCUT2D eigenvalue weighted by Gasteiger charge is 1.98. The van der Waals surface area contributed by atoms with E-state index in [1.165, 1.54) is 11.8 Å². The van der Waals surface area contributed by atoms with Crippen LogP contribution in [0.1, 0.15) is 19.8 Å². The van der Waals surface area contributed by atoms with Crippen molar-refractivity contribution in [3.05, 3.63) is 21.3 Å². The molecule has 4 nitrogen and oxygen atoms in total. The summed E-state index contributed by atoms with van der Waals surface area (Å²) >= 11 is 1.36. The average Bonchev–Trinajstić information content (AvgIpc) is 2.02. The summed E-state index contributed by atoms with van der Waals surface area (Å²) < 4.78 is 0. The Kier molecular flexibility index (Phi) is 6.55. The second-order valence-electron chi connectivity index (χ2n) is 2.26. The number of nitrogens with one attached hydrogen (secondary N) is 1. The van der Waals surface area contributed by atoms with Crippen LogP contribution in [0.15, 0.2) is 11.2 Å². The Hall–Kier alpha value is -0.710. The SMILES string of the molecule is CCCCNC(=C[N+](=O)[O-])SC. The molecule has 0 fully saturated rings. The van der Waals surface area contributed by atoms with Crippen molar-refractivity contribution in [3.63, 3.8) is 0 Å². The number of nitro groups is 1. The molecule has 70 valence electrons. The summed E-state index contributed by atoms with van der Waals surface area (Å²) in [5, 5.41) is 13.7. The molecule has 0 aliphatic rings. The van der Waals surface area contributed by atoms with Gasteiger partial charge in [0, 0.05) is 6.54 Å². The number of rotatable bonds is 6. The zero-order valence-corrected chi connectivity index (χ0v) is 8.19. The van der Waals surface area contributed by atoms with Gasteiger partial charge in [-0.3, -0.25) is 10.1 Å². The van der Waals surface area contributed by atoms with Crippen LogP contribution < -0.4 is 5.32 Å². The van der Waals surface area contributed by atoms with Gasteiger partial charge in [-0.25, -0.2) is 0 Å². The molecule has 0 aromatic heterocycles. The van der Waals surface area contributed by atoms with Crippen LogP contribution in [0.2, 0.25) is 0 Å². The molecule has 0 unspecified atom stereocenters. The maximum Gasteiger partial charge on any atom is 0.263 e. The molecule has 0 saturated carbocycles. The maximum atomic E-state index is 10.1. The monoisotopic (exact) mass is 190 g/mol. The minimum Gasteiger partial charge on any atom is -0.375 e. The van der Waals surface area contributed by atoms with Gasteiger partial charge < -0.3 is 5.32 Å². The molecule has 0 bridgehead atoms. The molecule has 5 heteroatoms. The highest BCUT2D eigenvalue weighted by molar-refractivity contribution is 8.02. The fourth-order valence-corrected chi connectivity index (χ4v) is 1.09. The topological polar surface area (TPSA) is 55.2 Å². The van der Waals surface area contributed by atoms with Gasteiger partial charge in [-0.15, -0.1) is 11.8 Å². The summed E-state index contributed by atoms with van der Waals surface area (Å²) in [5.74, 6) is 0. The van der Waals surface area contributed by atoms with Crippen molar-refractivity contribution in [3.8, 4) is 0 Å².